The summed E-state index contributed by atoms with van der Waals surface area (Å²) in [5.41, 5.74) is 6.14. The number of thiazole rings is 1. The minimum atomic E-state index is -0.168. The molecule has 2 aromatic rings. The van der Waals surface area contributed by atoms with Gasteiger partial charge in [-0.05, 0) is 34.3 Å². The lowest BCUT2D eigenvalue weighted by atomic mass is 10.4. The number of carbonyl (C=O) groups excluding carboxylic acids is 1. The molecule has 0 radical (unpaired) electrons. The summed E-state index contributed by atoms with van der Waals surface area (Å²) in [7, 11) is 0. The van der Waals surface area contributed by atoms with E-state index in [1.165, 1.54) is 11.3 Å². The summed E-state index contributed by atoms with van der Waals surface area (Å²) < 4.78 is 1.02. The summed E-state index contributed by atoms with van der Waals surface area (Å²) in [5.74, 6) is -0.168. The quantitative estimate of drug-likeness (QED) is 0.894. The van der Waals surface area contributed by atoms with Gasteiger partial charge in [-0.15, -0.1) is 22.7 Å². The first-order chi connectivity index (χ1) is 8.58. The Balaban J connectivity index is 1.97. The van der Waals surface area contributed by atoms with Gasteiger partial charge < -0.3 is 11.1 Å². The van der Waals surface area contributed by atoms with E-state index in [0.29, 0.717) is 12.2 Å². The number of nitrogens with zero attached hydrogens (tertiary/aromatic N) is 1. The number of thiophene rings is 1. The maximum atomic E-state index is 11.9. The molecule has 0 aliphatic rings. The number of amides is 1. The second-order valence-corrected chi connectivity index (χ2v) is 6.48. The van der Waals surface area contributed by atoms with Crippen molar-refractivity contribution in [2.45, 2.75) is 19.5 Å². The maximum Gasteiger partial charge on any atom is 0.271 e. The number of hydrogen-bond acceptors (Lipinski definition) is 5. The molecule has 0 aromatic carbocycles. The Bertz CT molecular complexity index is 550. The molecule has 96 valence electrons. The maximum absolute atomic E-state index is 11.9. The summed E-state index contributed by atoms with van der Waals surface area (Å²) in [4.78, 5) is 17.2. The van der Waals surface area contributed by atoms with Crippen LogP contribution in [0.1, 0.15) is 33.3 Å². The van der Waals surface area contributed by atoms with Crippen molar-refractivity contribution in [1.29, 1.82) is 0 Å². The Kier molecular flexibility index (Phi) is 4.50. The first-order valence-corrected chi connectivity index (χ1v) is 7.84. The molecule has 3 N–H and O–H groups in total. The molecule has 0 aliphatic heterocycles. The molecule has 1 atom stereocenters. The van der Waals surface area contributed by atoms with Gasteiger partial charge in [0, 0.05) is 14.7 Å². The number of nitrogens with one attached hydrogen (secondary N) is 1. The molecule has 7 heteroatoms. The van der Waals surface area contributed by atoms with E-state index in [9.17, 15) is 4.79 Å². The third kappa shape index (κ3) is 3.17. The second-order valence-electron chi connectivity index (χ2n) is 3.73. The molecule has 2 heterocycles. The smallest absolute Gasteiger partial charge is 0.271 e. The van der Waals surface area contributed by atoms with Crippen molar-refractivity contribution in [3.05, 3.63) is 36.9 Å². The molecule has 0 fully saturated rings. The highest BCUT2D eigenvalue weighted by Gasteiger charge is 2.13. The van der Waals surface area contributed by atoms with Crippen LogP contribution in [-0.2, 0) is 6.54 Å². The summed E-state index contributed by atoms with van der Waals surface area (Å²) in [6, 6.07) is 1.83. The van der Waals surface area contributed by atoms with Crippen LogP contribution in [0.3, 0.4) is 0 Å². The number of hydrogen-bond donors (Lipinski definition) is 2. The average molecular weight is 346 g/mol. The second kappa shape index (κ2) is 5.92. The molecule has 1 amide bonds. The van der Waals surface area contributed by atoms with Crippen LogP contribution >= 0.6 is 38.6 Å². The van der Waals surface area contributed by atoms with Crippen LogP contribution in [0.2, 0.25) is 0 Å². The van der Waals surface area contributed by atoms with Gasteiger partial charge in [0.05, 0.1) is 12.6 Å². The Morgan fingerprint density at radius 1 is 1.61 bits per heavy atom. The van der Waals surface area contributed by atoms with Crippen molar-refractivity contribution >= 4 is 44.5 Å². The zero-order valence-electron chi connectivity index (χ0n) is 9.64. The van der Waals surface area contributed by atoms with E-state index in [4.69, 9.17) is 5.73 Å². The molecular weight excluding hydrogens is 334 g/mol. The predicted molar refractivity (Wildman–Crippen MR) is 77.9 cm³/mol. The number of rotatable bonds is 4. The van der Waals surface area contributed by atoms with Gasteiger partial charge in [-0.1, -0.05) is 0 Å². The first kappa shape index (κ1) is 13.7. The fraction of sp³-hybridized carbons (Fsp3) is 0.273. The molecule has 0 saturated carbocycles. The zero-order valence-corrected chi connectivity index (χ0v) is 12.9. The highest BCUT2D eigenvalue weighted by atomic mass is 79.9. The predicted octanol–water partition coefficient (Wildman–Crippen LogP) is 2.92. The first-order valence-electron chi connectivity index (χ1n) is 5.29. The van der Waals surface area contributed by atoms with Gasteiger partial charge in [-0.25, -0.2) is 4.98 Å². The van der Waals surface area contributed by atoms with E-state index in [1.807, 2.05) is 18.4 Å². The fourth-order valence-corrected chi connectivity index (χ4v) is 3.49. The molecule has 0 saturated heterocycles. The Labute approximate surface area is 121 Å². The van der Waals surface area contributed by atoms with Crippen molar-refractivity contribution in [1.82, 2.24) is 10.3 Å². The third-order valence-corrected chi connectivity index (χ3v) is 5.22. The van der Waals surface area contributed by atoms with Crippen molar-refractivity contribution in [2.75, 3.05) is 0 Å². The molecule has 18 heavy (non-hydrogen) atoms. The molecule has 0 spiro atoms. The van der Waals surface area contributed by atoms with Gasteiger partial charge in [-0.2, -0.15) is 0 Å². The summed E-state index contributed by atoms with van der Waals surface area (Å²) in [6.45, 7) is 2.35. The van der Waals surface area contributed by atoms with Gasteiger partial charge >= 0.3 is 0 Å². The van der Waals surface area contributed by atoms with Gasteiger partial charge in [0.25, 0.3) is 5.91 Å². The van der Waals surface area contributed by atoms with Crippen molar-refractivity contribution in [3.63, 3.8) is 0 Å². The normalized spacial score (nSPS) is 12.4. The minimum absolute atomic E-state index is 0.136. The standard InChI is InChI=1S/C11H12BrN3OS2/c1-6(13)11-15-8(5-18-11)10(16)14-4-9-7(12)2-3-17-9/h2-3,5-6H,4,13H2,1H3,(H,14,16). The number of aromatic nitrogens is 1. The van der Waals surface area contributed by atoms with Gasteiger partial charge in [0.2, 0.25) is 0 Å². The van der Waals surface area contributed by atoms with Crippen molar-refractivity contribution in [3.8, 4) is 0 Å². The Morgan fingerprint density at radius 2 is 2.39 bits per heavy atom. The number of carbonyl (C=O) groups is 1. The lowest BCUT2D eigenvalue weighted by molar-refractivity contribution is 0.0947. The molecule has 1 unspecified atom stereocenters. The van der Waals surface area contributed by atoms with Gasteiger partial charge in [0.15, 0.2) is 0 Å². The molecule has 4 nitrogen and oxygen atoms in total. The van der Waals surface area contributed by atoms with Crippen molar-refractivity contribution < 1.29 is 4.79 Å². The molecule has 0 bridgehead atoms. The highest BCUT2D eigenvalue weighted by Crippen LogP contribution is 2.22. The zero-order chi connectivity index (χ0) is 13.1. The Hall–Kier alpha value is -0.760. The van der Waals surface area contributed by atoms with Crippen molar-refractivity contribution in [2.24, 2.45) is 5.73 Å². The lowest BCUT2D eigenvalue weighted by Gasteiger charge is -2.02. The van der Waals surface area contributed by atoms with E-state index in [2.05, 4.69) is 26.2 Å². The monoisotopic (exact) mass is 345 g/mol. The van der Waals surface area contributed by atoms with E-state index in [0.717, 1.165) is 14.4 Å². The van der Waals surface area contributed by atoms with Crippen LogP contribution in [0.4, 0.5) is 0 Å². The fourth-order valence-electron chi connectivity index (χ4n) is 1.30. The van der Waals surface area contributed by atoms with E-state index < -0.39 is 0 Å². The number of halogens is 1. The third-order valence-electron chi connectivity index (χ3n) is 2.24. The molecule has 2 rings (SSSR count). The van der Waals surface area contributed by atoms with Crippen LogP contribution in [0.15, 0.2) is 21.3 Å². The van der Waals surface area contributed by atoms with Crippen LogP contribution < -0.4 is 11.1 Å². The van der Waals surface area contributed by atoms with Crippen LogP contribution in [0.5, 0.6) is 0 Å². The topological polar surface area (TPSA) is 68.0 Å². The van der Waals surface area contributed by atoms with E-state index >= 15 is 0 Å². The summed E-state index contributed by atoms with van der Waals surface area (Å²) >= 11 is 6.43. The van der Waals surface area contributed by atoms with Gasteiger partial charge in [-0.3, -0.25) is 4.79 Å². The minimum Gasteiger partial charge on any atom is -0.346 e. The highest BCUT2D eigenvalue weighted by molar-refractivity contribution is 9.10. The molecular formula is C11H12BrN3OS2. The summed E-state index contributed by atoms with van der Waals surface area (Å²) in [6.07, 6.45) is 0. The van der Waals surface area contributed by atoms with Crippen LogP contribution in [-0.4, -0.2) is 10.9 Å². The molecule has 0 aliphatic carbocycles. The van der Waals surface area contributed by atoms with Crippen LogP contribution in [0, 0.1) is 0 Å². The number of nitrogens with two attached hydrogens (primary N) is 1. The largest absolute Gasteiger partial charge is 0.346 e. The summed E-state index contributed by atoms with van der Waals surface area (Å²) in [5, 5.41) is 7.32. The lowest BCUT2D eigenvalue weighted by Crippen LogP contribution is -2.23. The SMILES string of the molecule is CC(N)c1nc(C(=O)NCc2sccc2Br)cs1. The Morgan fingerprint density at radius 3 is 2.94 bits per heavy atom. The van der Waals surface area contributed by atoms with E-state index in [1.54, 1.807) is 16.7 Å². The van der Waals surface area contributed by atoms with Gasteiger partial charge in [0.1, 0.15) is 10.7 Å². The van der Waals surface area contributed by atoms with Crippen LogP contribution in [0.25, 0.3) is 0 Å². The van der Waals surface area contributed by atoms with E-state index in [-0.39, 0.29) is 11.9 Å². The molecule has 2 aromatic heterocycles. The average Bonchev–Trinajstić information content (AvgIpc) is 2.94.